The smallest absolute Gasteiger partial charge is 0.228 e. The van der Waals surface area contributed by atoms with Gasteiger partial charge in [-0.25, -0.2) is 0 Å². The van der Waals surface area contributed by atoms with Gasteiger partial charge >= 0.3 is 0 Å². The fourth-order valence-corrected chi connectivity index (χ4v) is 2.25. The second-order valence-corrected chi connectivity index (χ2v) is 4.81. The van der Waals surface area contributed by atoms with Gasteiger partial charge in [0.2, 0.25) is 11.8 Å². The summed E-state index contributed by atoms with van der Waals surface area (Å²) >= 11 is 0. The van der Waals surface area contributed by atoms with Crippen molar-refractivity contribution in [1.82, 2.24) is 5.32 Å². The molecule has 1 aromatic carbocycles. The number of hydrogen-bond donors (Lipinski definition) is 3. The third kappa shape index (κ3) is 3.12. The zero-order valence-electron chi connectivity index (χ0n) is 10.8. The summed E-state index contributed by atoms with van der Waals surface area (Å²) in [7, 11) is 0. The van der Waals surface area contributed by atoms with Crippen LogP contribution in [0.1, 0.15) is 31.2 Å². The molecule has 102 valence electrons. The first-order valence-corrected chi connectivity index (χ1v) is 6.42. The molecule has 0 saturated carbocycles. The number of benzene rings is 1. The van der Waals surface area contributed by atoms with Crippen LogP contribution in [0.3, 0.4) is 0 Å². The van der Waals surface area contributed by atoms with Crippen molar-refractivity contribution in [1.29, 1.82) is 0 Å². The highest BCUT2D eigenvalue weighted by molar-refractivity contribution is 6.01. The van der Waals surface area contributed by atoms with Gasteiger partial charge in [-0.15, -0.1) is 0 Å². The predicted octanol–water partition coefficient (Wildman–Crippen LogP) is 0.999. The Kier molecular flexibility index (Phi) is 4.16. The normalized spacial score (nSPS) is 19.3. The number of hydrogen-bond acceptors (Lipinski definition) is 3. The SMILES string of the molecule is CC(CCO)NC(=O)C1CC(=O)Nc2ccccc21. The number of rotatable bonds is 4. The molecule has 2 atom stereocenters. The molecule has 5 heteroatoms. The number of carbonyl (C=O) groups excluding carboxylic acids is 2. The maximum atomic E-state index is 12.2. The zero-order chi connectivity index (χ0) is 13.8. The average Bonchev–Trinajstić information content (AvgIpc) is 2.37. The lowest BCUT2D eigenvalue weighted by Crippen LogP contribution is -2.39. The summed E-state index contributed by atoms with van der Waals surface area (Å²) in [4.78, 5) is 23.8. The molecule has 0 aromatic heterocycles. The van der Waals surface area contributed by atoms with Gasteiger partial charge in [0, 0.05) is 24.8 Å². The standard InChI is InChI=1S/C14H18N2O3/c1-9(6-7-17)15-14(19)11-8-13(18)16-12-5-3-2-4-10(11)12/h2-5,9,11,17H,6-8H2,1H3,(H,15,19)(H,16,18). The van der Waals surface area contributed by atoms with E-state index in [1.807, 2.05) is 25.1 Å². The molecule has 0 spiro atoms. The number of carbonyl (C=O) groups is 2. The summed E-state index contributed by atoms with van der Waals surface area (Å²) < 4.78 is 0. The highest BCUT2D eigenvalue weighted by atomic mass is 16.3. The monoisotopic (exact) mass is 262 g/mol. The molecule has 2 rings (SSSR count). The topological polar surface area (TPSA) is 78.4 Å². The Labute approximate surface area is 112 Å². The number of fused-ring (bicyclic) bond motifs is 1. The van der Waals surface area contributed by atoms with Gasteiger partial charge in [0.25, 0.3) is 0 Å². The second kappa shape index (κ2) is 5.84. The van der Waals surface area contributed by atoms with Gasteiger partial charge < -0.3 is 15.7 Å². The first-order chi connectivity index (χ1) is 9.11. The van der Waals surface area contributed by atoms with Crippen molar-refractivity contribution in [2.75, 3.05) is 11.9 Å². The molecule has 0 bridgehead atoms. The number of anilines is 1. The van der Waals surface area contributed by atoms with Gasteiger partial charge in [-0.2, -0.15) is 0 Å². The molecule has 1 aromatic rings. The van der Waals surface area contributed by atoms with Crippen LogP contribution in [-0.4, -0.2) is 29.6 Å². The summed E-state index contributed by atoms with van der Waals surface area (Å²) in [5.41, 5.74) is 1.55. The number of aliphatic hydroxyl groups excluding tert-OH is 1. The van der Waals surface area contributed by atoms with Crippen LogP contribution in [0.2, 0.25) is 0 Å². The Bertz CT molecular complexity index is 487. The van der Waals surface area contributed by atoms with Gasteiger partial charge in [-0.05, 0) is 25.0 Å². The Morgan fingerprint density at radius 1 is 1.53 bits per heavy atom. The van der Waals surface area contributed by atoms with E-state index in [-0.39, 0.29) is 30.9 Å². The number of nitrogens with one attached hydrogen (secondary N) is 2. The number of aliphatic hydroxyl groups is 1. The van der Waals surface area contributed by atoms with Crippen LogP contribution in [0, 0.1) is 0 Å². The third-order valence-electron chi connectivity index (χ3n) is 3.27. The van der Waals surface area contributed by atoms with Crippen molar-refractivity contribution in [3.63, 3.8) is 0 Å². The summed E-state index contributed by atoms with van der Waals surface area (Å²) in [6.45, 7) is 1.87. The van der Waals surface area contributed by atoms with E-state index in [9.17, 15) is 9.59 Å². The molecule has 1 aliphatic rings. The predicted molar refractivity (Wildman–Crippen MR) is 71.7 cm³/mol. The van der Waals surface area contributed by atoms with E-state index < -0.39 is 5.92 Å². The van der Waals surface area contributed by atoms with Gasteiger partial charge in [-0.1, -0.05) is 18.2 Å². The summed E-state index contributed by atoms with van der Waals surface area (Å²) in [6.07, 6.45) is 0.668. The fourth-order valence-electron chi connectivity index (χ4n) is 2.25. The molecular weight excluding hydrogens is 244 g/mol. The van der Waals surface area contributed by atoms with Crippen LogP contribution in [0.5, 0.6) is 0 Å². The molecule has 2 amide bonds. The summed E-state index contributed by atoms with van der Waals surface area (Å²) in [5.74, 6) is -0.761. The van der Waals surface area contributed by atoms with Crippen LogP contribution < -0.4 is 10.6 Å². The Morgan fingerprint density at radius 2 is 2.26 bits per heavy atom. The van der Waals surface area contributed by atoms with E-state index in [0.29, 0.717) is 12.1 Å². The maximum absolute atomic E-state index is 12.2. The van der Waals surface area contributed by atoms with Crippen molar-refractivity contribution in [2.24, 2.45) is 0 Å². The summed E-state index contributed by atoms with van der Waals surface area (Å²) in [5, 5.41) is 14.4. The van der Waals surface area contributed by atoms with E-state index in [2.05, 4.69) is 10.6 Å². The van der Waals surface area contributed by atoms with E-state index in [1.54, 1.807) is 6.07 Å². The minimum atomic E-state index is -0.453. The quantitative estimate of drug-likeness (QED) is 0.757. The van der Waals surface area contributed by atoms with Crippen LogP contribution in [0.15, 0.2) is 24.3 Å². The average molecular weight is 262 g/mol. The van der Waals surface area contributed by atoms with Gasteiger partial charge in [0.05, 0.1) is 5.92 Å². The number of para-hydroxylation sites is 1. The van der Waals surface area contributed by atoms with Gasteiger partial charge in [0.1, 0.15) is 0 Å². The highest BCUT2D eigenvalue weighted by Crippen LogP contribution is 2.32. The molecule has 0 aliphatic carbocycles. The second-order valence-electron chi connectivity index (χ2n) is 4.81. The summed E-state index contributed by atoms with van der Waals surface area (Å²) in [6, 6.07) is 7.23. The first kappa shape index (κ1) is 13.5. The molecular formula is C14H18N2O3. The van der Waals surface area contributed by atoms with Crippen LogP contribution in [0.25, 0.3) is 0 Å². The van der Waals surface area contributed by atoms with E-state index in [0.717, 1.165) is 5.56 Å². The maximum Gasteiger partial charge on any atom is 0.228 e. The molecule has 19 heavy (non-hydrogen) atoms. The molecule has 1 heterocycles. The minimum Gasteiger partial charge on any atom is -0.396 e. The molecule has 1 aliphatic heterocycles. The van der Waals surface area contributed by atoms with Crippen LogP contribution >= 0.6 is 0 Å². The molecule has 0 fully saturated rings. The lowest BCUT2D eigenvalue weighted by molar-refractivity contribution is -0.126. The van der Waals surface area contributed by atoms with Crippen molar-refractivity contribution in [3.8, 4) is 0 Å². The van der Waals surface area contributed by atoms with Gasteiger partial charge in [0.15, 0.2) is 0 Å². The Morgan fingerprint density at radius 3 is 3.00 bits per heavy atom. The van der Waals surface area contributed by atoms with Crippen molar-refractivity contribution in [2.45, 2.75) is 31.7 Å². The third-order valence-corrected chi connectivity index (χ3v) is 3.27. The minimum absolute atomic E-state index is 0.0309. The zero-order valence-corrected chi connectivity index (χ0v) is 10.8. The molecule has 0 radical (unpaired) electrons. The fraction of sp³-hybridized carbons (Fsp3) is 0.429. The number of amides is 2. The molecule has 0 saturated heterocycles. The van der Waals surface area contributed by atoms with E-state index >= 15 is 0 Å². The Balaban J connectivity index is 2.16. The molecule has 5 nitrogen and oxygen atoms in total. The van der Waals surface area contributed by atoms with Crippen LogP contribution in [0.4, 0.5) is 5.69 Å². The van der Waals surface area contributed by atoms with E-state index in [1.165, 1.54) is 0 Å². The van der Waals surface area contributed by atoms with Gasteiger partial charge in [-0.3, -0.25) is 9.59 Å². The van der Waals surface area contributed by atoms with Crippen molar-refractivity contribution >= 4 is 17.5 Å². The largest absolute Gasteiger partial charge is 0.396 e. The Hall–Kier alpha value is -1.88. The lowest BCUT2D eigenvalue weighted by Gasteiger charge is -2.26. The van der Waals surface area contributed by atoms with Crippen LogP contribution in [-0.2, 0) is 9.59 Å². The first-order valence-electron chi connectivity index (χ1n) is 6.42. The molecule has 3 N–H and O–H groups in total. The van der Waals surface area contributed by atoms with Crippen molar-refractivity contribution in [3.05, 3.63) is 29.8 Å². The molecule has 2 unspecified atom stereocenters. The lowest BCUT2D eigenvalue weighted by atomic mass is 9.89. The van der Waals surface area contributed by atoms with E-state index in [4.69, 9.17) is 5.11 Å². The van der Waals surface area contributed by atoms with Crippen molar-refractivity contribution < 1.29 is 14.7 Å². The highest BCUT2D eigenvalue weighted by Gasteiger charge is 2.30.